The molecule has 114 valence electrons. The fraction of sp³-hybridized carbons (Fsp3) is 0.353. The highest BCUT2D eigenvalue weighted by atomic mass is 35.5. The van der Waals surface area contributed by atoms with E-state index in [0.717, 1.165) is 18.4 Å². The van der Waals surface area contributed by atoms with Crippen molar-refractivity contribution in [2.45, 2.75) is 37.4 Å². The van der Waals surface area contributed by atoms with Crippen molar-refractivity contribution in [2.75, 3.05) is 0 Å². The van der Waals surface area contributed by atoms with E-state index in [1.807, 2.05) is 24.3 Å². The molecule has 22 heavy (non-hydrogen) atoms. The lowest BCUT2D eigenvalue weighted by atomic mass is 9.95. The molecule has 4 rings (SSSR count). The molecule has 0 radical (unpaired) electrons. The molecule has 0 saturated carbocycles. The van der Waals surface area contributed by atoms with E-state index in [-0.39, 0.29) is 11.9 Å². The Morgan fingerprint density at radius 2 is 2.18 bits per heavy atom. The highest BCUT2D eigenvalue weighted by molar-refractivity contribution is 6.30. The summed E-state index contributed by atoms with van der Waals surface area (Å²) >= 11 is 5.99. The second-order valence-electron chi connectivity index (χ2n) is 6.04. The van der Waals surface area contributed by atoms with Crippen LogP contribution in [0.4, 0.5) is 0 Å². The van der Waals surface area contributed by atoms with Crippen LogP contribution in [0.3, 0.4) is 0 Å². The molecule has 0 unspecified atom stereocenters. The molecule has 2 bridgehead atoms. The molecule has 2 fully saturated rings. The standard InChI is InChI=1S/C17H17ClN2O2/c18-11-3-1-2-10(8-11)15-6-7-16(22-15)17(21)20-14-9-12-4-5-13(14)19-12/h1-3,6-8,12-14,19H,4-5,9H2,(H,20,21)/t12-,13+,14-/m1/s1. The molecule has 4 nitrogen and oxygen atoms in total. The summed E-state index contributed by atoms with van der Waals surface area (Å²) in [4.78, 5) is 12.3. The highest BCUT2D eigenvalue weighted by Crippen LogP contribution is 2.29. The number of benzene rings is 1. The maximum absolute atomic E-state index is 12.3. The number of fused-ring (bicyclic) bond motifs is 2. The molecule has 0 spiro atoms. The summed E-state index contributed by atoms with van der Waals surface area (Å²) < 4.78 is 5.69. The Balaban J connectivity index is 1.48. The Bertz CT molecular complexity index is 712. The summed E-state index contributed by atoms with van der Waals surface area (Å²) in [6, 6.07) is 12.1. The van der Waals surface area contributed by atoms with Gasteiger partial charge in [0.25, 0.3) is 5.91 Å². The van der Waals surface area contributed by atoms with Gasteiger partial charge in [-0.25, -0.2) is 0 Å². The van der Waals surface area contributed by atoms with Crippen LogP contribution in [0, 0.1) is 0 Å². The minimum absolute atomic E-state index is 0.146. The van der Waals surface area contributed by atoms with Crippen LogP contribution in [0.2, 0.25) is 5.02 Å². The summed E-state index contributed by atoms with van der Waals surface area (Å²) in [6.45, 7) is 0. The van der Waals surface area contributed by atoms with Gasteiger partial charge < -0.3 is 15.1 Å². The van der Waals surface area contributed by atoms with Gasteiger partial charge in [0, 0.05) is 28.7 Å². The van der Waals surface area contributed by atoms with E-state index in [1.165, 1.54) is 6.42 Å². The Hall–Kier alpha value is -1.78. The Labute approximate surface area is 133 Å². The predicted molar refractivity (Wildman–Crippen MR) is 85.0 cm³/mol. The Kier molecular flexibility index (Phi) is 3.43. The minimum atomic E-state index is -0.146. The lowest BCUT2D eigenvalue weighted by Gasteiger charge is -2.20. The molecular formula is C17H17ClN2O2. The number of hydrogen-bond acceptors (Lipinski definition) is 3. The molecule has 1 aromatic heterocycles. The van der Waals surface area contributed by atoms with E-state index in [1.54, 1.807) is 12.1 Å². The van der Waals surface area contributed by atoms with Crippen LogP contribution >= 0.6 is 11.6 Å². The molecule has 2 saturated heterocycles. The number of nitrogens with one attached hydrogen (secondary N) is 2. The summed E-state index contributed by atoms with van der Waals surface area (Å²) in [5, 5.41) is 7.24. The average molecular weight is 317 g/mol. The molecule has 1 amide bonds. The number of halogens is 1. The molecule has 2 aromatic rings. The summed E-state index contributed by atoms with van der Waals surface area (Å²) in [5.74, 6) is 0.851. The Morgan fingerprint density at radius 1 is 1.27 bits per heavy atom. The second kappa shape index (κ2) is 5.45. The third kappa shape index (κ3) is 2.53. The average Bonchev–Trinajstić information content (AvgIpc) is 3.23. The fourth-order valence-electron chi connectivity index (χ4n) is 3.48. The molecule has 3 atom stereocenters. The van der Waals surface area contributed by atoms with Gasteiger partial charge in [0.2, 0.25) is 0 Å². The van der Waals surface area contributed by atoms with E-state index in [4.69, 9.17) is 16.0 Å². The number of rotatable bonds is 3. The normalized spacial score (nSPS) is 26.3. The van der Waals surface area contributed by atoms with Crippen LogP contribution in [-0.4, -0.2) is 24.0 Å². The van der Waals surface area contributed by atoms with E-state index in [2.05, 4.69) is 10.6 Å². The van der Waals surface area contributed by atoms with Gasteiger partial charge in [-0.3, -0.25) is 4.79 Å². The third-order valence-corrected chi connectivity index (χ3v) is 4.79. The zero-order chi connectivity index (χ0) is 15.1. The quantitative estimate of drug-likeness (QED) is 0.914. The number of carbonyl (C=O) groups is 1. The third-order valence-electron chi connectivity index (χ3n) is 4.56. The van der Waals surface area contributed by atoms with Crippen molar-refractivity contribution < 1.29 is 9.21 Å². The van der Waals surface area contributed by atoms with Gasteiger partial charge >= 0.3 is 0 Å². The lowest BCUT2D eigenvalue weighted by molar-refractivity contribution is 0.0903. The fourth-order valence-corrected chi connectivity index (χ4v) is 3.67. The van der Waals surface area contributed by atoms with Crippen molar-refractivity contribution in [3.63, 3.8) is 0 Å². The van der Waals surface area contributed by atoms with Crippen molar-refractivity contribution >= 4 is 17.5 Å². The maximum Gasteiger partial charge on any atom is 0.287 e. The van der Waals surface area contributed by atoms with Crippen molar-refractivity contribution in [1.82, 2.24) is 10.6 Å². The number of amides is 1. The summed E-state index contributed by atoms with van der Waals surface area (Å²) in [7, 11) is 0. The molecule has 1 aromatic carbocycles. The summed E-state index contributed by atoms with van der Waals surface area (Å²) in [5.41, 5.74) is 0.869. The van der Waals surface area contributed by atoms with Gasteiger partial charge in [0.05, 0.1) is 0 Å². The molecule has 3 heterocycles. The zero-order valence-corrected chi connectivity index (χ0v) is 12.8. The van der Waals surface area contributed by atoms with Crippen LogP contribution in [0.1, 0.15) is 29.8 Å². The Morgan fingerprint density at radius 3 is 2.91 bits per heavy atom. The van der Waals surface area contributed by atoms with Gasteiger partial charge in [0.15, 0.2) is 5.76 Å². The molecule has 2 aliphatic heterocycles. The van der Waals surface area contributed by atoms with Gasteiger partial charge in [-0.05, 0) is 43.5 Å². The molecule has 5 heteroatoms. The van der Waals surface area contributed by atoms with Crippen molar-refractivity contribution in [3.05, 3.63) is 47.2 Å². The van der Waals surface area contributed by atoms with Crippen LogP contribution < -0.4 is 10.6 Å². The SMILES string of the molecule is O=C(N[C@@H]1C[C@H]2CC[C@@H]1N2)c1ccc(-c2cccc(Cl)c2)o1. The number of furan rings is 1. The van der Waals surface area contributed by atoms with Crippen LogP contribution in [0.25, 0.3) is 11.3 Å². The second-order valence-corrected chi connectivity index (χ2v) is 6.47. The monoisotopic (exact) mass is 316 g/mol. The maximum atomic E-state index is 12.3. The summed E-state index contributed by atoms with van der Waals surface area (Å²) in [6.07, 6.45) is 3.37. The number of carbonyl (C=O) groups excluding carboxylic acids is 1. The largest absolute Gasteiger partial charge is 0.451 e. The highest BCUT2D eigenvalue weighted by Gasteiger charge is 2.39. The zero-order valence-electron chi connectivity index (χ0n) is 12.0. The van der Waals surface area contributed by atoms with E-state index in [9.17, 15) is 4.79 Å². The molecule has 2 N–H and O–H groups in total. The van der Waals surface area contributed by atoms with Crippen LogP contribution in [0.5, 0.6) is 0 Å². The predicted octanol–water partition coefficient (Wildman–Crippen LogP) is 3.22. The molecular weight excluding hydrogens is 300 g/mol. The van der Waals surface area contributed by atoms with Gasteiger partial charge in [0.1, 0.15) is 5.76 Å². The molecule has 2 aliphatic rings. The first-order chi connectivity index (χ1) is 10.7. The van der Waals surface area contributed by atoms with Crippen molar-refractivity contribution in [3.8, 4) is 11.3 Å². The molecule has 0 aliphatic carbocycles. The van der Waals surface area contributed by atoms with Crippen molar-refractivity contribution in [1.29, 1.82) is 0 Å². The van der Waals surface area contributed by atoms with Gasteiger partial charge in [-0.2, -0.15) is 0 Å². The topological polar surface area (TPSA) is 54.3 Å². The van der Waals surface area contributed by atoms with E-state index in [0.29, 0.717) is 28.6 Å². The van der Waals surface area contributed by atoms with Crippen LogP contribution in [0.15, 0.2) is 40.8 Å². The van der Waals surface area contributed by atoms with Gasteiger partial charge in [-0.15, -0.1) is 0 Å². The first-order valence-electron chi connectivity index (χ1n) is 7.62. The minimum Gasteiger partial charge on any atom is -0.451 e. The van der Waals surface area contributed by atoms with Gasteiger partial charge in [-0.1, -0.05) is 23.7 Å². The first kappa shape index (κ1) is 13.9. The van der Waals surface area contributed by atoms with Crippen molar-refractivity contribution in [2.24, 2.45) is 0 Å². The van der Waals surface area contributed by atoms with Crippen LogP contribution in [-0.2, 0) is 0 Å². The lowest BCUT2D eigenvalue weighted by Crippen LogP contribution is -2.42. The number of hydrogen-bond donors (Lipinski definition) is 2. The van der Waals surface area contributed by atoms with E-state index < -0.39 is 0 Å². The first-order valence-corrected chi connectivity index (χ1v) is 7.99. The smallest absolute Gasteiger partial charge is 0.287 e. The van der Waals surface area contributed by atoms with E-state index >= 15 is 0 Å².